The number of aliphatic hydroxyl groups excluding tert-OH is 1. The topological polar surface area (TPSA) is 82.5 Å². The minimum atomic E-state index is -0.990. The molecule has 2 aromatic rings. The lowest BCUT2D eigenvalue weighted by Crippen LogP contribution is -2.13. The van der Waals surface area contributed by atoms with Crippen LogP contribution < -0.4 is 5.32 Å². The van der Waals surface area contributed by atoms with E-state index in [-0.39, 0.29) is 11.6 Å². The van der Waals surface area contributed by atoms with Gasteiger partial charge in [0.05, 0.1) is 12.3 Å². The average Bonchev–Trinajstić information content (AvgIpc) is 2.89. The van der Waals surface area contributed by atoms with Crippen LogP contribution in [0.1, 0.15) is 26.6 Å². The minimum absolute atomic E-state index is 0.0461. The van der Waals surface area contributed by atoms with Crippen molar-refractivity contribution in [1.82, 2.24) is 10.3 Å². The maximum atomic E-state index is 10.7. The van der Waals surface area contributed by atoms with Gasteiger partial charge in [0, 0.05) is 18.5 Å². The molecule has 0 spiro atoms. The molecule has 0 saturated carbocycles. The van der Waals surface area contributed by atoms with E-state index in [0.29, 0.717) is 13.1 Å². The highest BCUT2D eigenvalue weighted by atomic mass is 32.1. The van der Waals surface area contributed by atoms with E-state index in [9.17, 15) is 4.79 Å². The fourth-order valence-electron chi connectivity index (χ4n) is 1.58. The third kappa shape index (κ3) is 3.85. The Labute approximate surface area is 114 Å². The molecule has 1 aromatic heterocycles. The van der Waals surface area contributed by atoms with Gasteiger partial charge >= 0.3 is 5.97 Å². The van der Waals surface area contributed by atoms with E-state index in [2.05, 4.69) is 10.3 Å². The Kier molecular flexibility index (Phi) is 4.62. The Balaban J connectivity index is 1.83. The molecule has 100 valence electrons. The van der Waals surface area contributed by atoms with E-state index < -0.39 is 5.97 Å². The summed E-state index contributed by atoms with van der Waals surface area (Å²) in [6.07, 6.45) is 0. The van der Waals surface area contributed by atoms with Crippen LogP contribution in [0, 0.1) is 0 Å². The van der Waals surface area contributed by atoms with Gasteiger partial charge in [-0.1, -0.05) is 24.3 Å². The van der Waals surface area contributed by atoms with Gasteiger partial charge in [0.2, 0.25) is 5.01 Å². The van der Waals surface area contributed by atoms with Crippen LogP contribution in [0.15, 0.2) is 29.6 Å². The molecular weight excluding hydrogens is 264 g/mol. The van der Waals surface area contributed by atoms with Gasteiger partial charge in [-0.25, -0.2) is 9.78 Å². The van der Waals surface area contributed by atoms with Crippen LogP contribution in [-0.4, -0.2) is 21.2 Å². The van der Waals surface area contributed by atoms with Gasteiger partial charge in [0.15, 0.2) is 0 Å². The standard InChI is InChI=1S/C13H14N2O3S/c16-7-10-3-1-9(2-4-10)5-14-6-11-8-19-12(15-11)13(17)18/h1-4,8,14,16H,5-7H2,(H,17,18). The van der Waals surface area contributed by atoms with E-state index in [4.69, 9.17) is 10.2 Å². The molecule has 0 bridgehead atoms. The third-order valence-electron chi connectivity index (χ3n) is 2.58. The Bertz CT molecular complexity index is 551. The monoisotopic (exact) mass is 278 g/mol. The van der Waals surface area contributed by atoms with E-state index in [0.717, 1.165) is 28.2 Å². The van der Waals surface area contributed by atoms with Crippen molar-refractivity contribution in [2.45, 2.75) is 19.7 Å². The summed E-state index contributed by atoms with van der Waals surface area (Å²) >= 11 is 1.13. The van der Waals surface area contributed by atoms with Crippen molar-refractivity contribution in [2.75, 3.05) is 0 Å². The molecule has 0 fully saturated rings. The van der Waals surface area contributed by atoms with Crippen molar-refractivity contribution < 1.29 is 15.0 Å². The predicted octanol–water partition coefficient (Wildman–Crippen LogP) is 1.62. The van der Waals surface area contributed by atoms with Crippen molar-refractivity contribution in [3.8, 4) is 0 Å². The van der Waals surface area contributed by atoms with Gasteiger partial charge in [-0.3, -0.25) is 0 Å². The molecule has 1 aromatic carbocycles. The minimum Gasteiger partial charge on any atom is -0.476 e. The summed E-state index contributed by atoms with van der Waals surface area (Å²) in [6.45, 7) is 1.25. The van der Waals surface area contributed by atoms with E-state index in [1.165, 1.54) is 0 Å². The summed E-state index contributed by atoms with van der Waals surface area (Å²) in [5, 5.41) is 22.7. The number of nitrogens with zero attached hydrogens (tertiary/aromatic N) is 1. The maximum Gasteiger partial charge on any atom is 0.365 e. The lowest BCUT2D eigenvalue weighted by atomic mass is 10.1. The molecule has 0 aliphatic carbocycles. The summed E-state index contributed by atoms with van der Waals surface area (Å²) in [7, 11) is 0. The highest BCUT2D eigenvalue weighted by molar-refractivity contribution is 7.11. The lowest BCUT2D eigenvalue weighted by Gasteiger charge is -2.04. The van der Waals surface area contributed by atoms with Crippen molar-refractivity contribution >= 4 is 17.3 Å². The summed E-state index contributed by atoms with van der Waals surface area (Å²) < 4.78 is 0. The van der Waals surface area contributed by atoms with Crippen LogP contribution in [0.5, 0.6) is 0 Å². The Hall–Kier alpha value is -1.76. The maximum absolute atomic E-state index is 10.7. The van der Waals surface area contributed by atoms with Crippen molar-refractivity contribution in [3.05, 3.63) is 51.5 Å². The lowest BCUT2D eigenvalue weighted by molar-refractivity contribution is 0.0696. The van der Waals surface area contributed by atoms with E-state index in [1.54, 1.807) is 5.38 Å². The normalized spacial score (nSPS) is 10.6. The van der Waals surface area contributed by atoms with Crippen LogP contribution >= 0.6 is 11.3 Å². The van der Waals surface area contributed by atoms with Crippen LogP contribution in [0.3, 0.4) is 0 Å². The van der Waals surface area contributed by atoms with E-state index in [1.807, 2.05) is 24.3 Å². The highest BCUT2D eigenvalue weighted by Gasteiger charge is 2.08. The van der Waals surface area contributed by atoms with Crippen molar-refractivity contribution in [3.63, 3.8) is 0 Å². The number of aromatic carboxylic acids is 1. The number of aromatic nitrogens is 1. The summed E-state index contributed by atoms with van der Waals surface area (Å²) in [5.41, 5.74) is 2.72. The molecule has 1 heterocycles. The second-order valence-corrected chi connectivity index (χ2v) is 4.89. The summed E-state index contributed by atoms with van der Waals surface area (Å²) in [4.78, 5) is 14.7. The summed E-state index contributed by atoms with van der Waals surface area (Å²) in [5.74, 6) is -0.990. The molecule has 0 saturated heterocycles. The van der Waals surface area contributed by atoms with Gasteiger partial charge in [-0.2, -0.15) is 0 Å². The number of carboxylic acids is 1. The van der Waals surface area contributed by atoms with Gasteiger partial charge in [0.1, 0.15) is 0 Å². The fourth-order valence-corrected chi connectivity index (χ4v) is 2.24. The number of carbonyl (C=O) groups is 1. The molecule has 0 atom stereocenters. The van der Waals surface area contributed by atoms with Crippen LogP contribution in [0.4, 0.5) is 0 Å². The molecule has 0 amide bonds. The first-order valence-electron chi connectivity index (χ1n) is 5.76. The molecule has 0 radical (unpaired) electrons. The van der Waals surface area contributed by atoms with Crippen LogP contribution in [-0.2, 0) is 19.7 Å². The highest BCUT2D eigenvalue weighted by Crippen LogP contribution is 2.10. The van der Waals surface area contributed by atoms with E-state index >= 15 is 0 Å². The number of benzene rings is 1. The number of rotatable bonds is 6. The molecule has 6 heteroatoms. The number of nitrogens with one attached hydrogen (secondary N) is 1. The molecule has 3 N–H and O–H groups in total. The van der Waals surface area contributed by atoms with Crippen LogP contribution in [0.2, 0.25) is 0 Å². The molecular formula is C13H14N2O3S. The number of hydrogen-bond acceptors (Lipinski definition) is 5. The molecule has 0 unspecified atom stereocenters. The number of carboxylic acid groups (broad SMARTS) is 1. The molecule has 0 aliphatic heterocycles. The van der Waals surface area contributed by atoms with Gasteiger partial charge in [0.25, 0.3) is 0 Å². The van der Waals surface area contributed by atoms with Crippen molar-refractivity contribution in [2.24, 2.45) is 0 Å². The third-order valence-corrected chi connectivity index (χ3v) is 3.45. The first kappa shape index (κ1) is 13.7. The number of aliphatic hydroxyl groups is 1. The molecule has 19 heavy (non-hydrogen) atoms. The zero-order chi connectivity index (χ0) is 13.7. The SMILES string of the molecule is O=C(O)c1nc(CNCc2ccc(CO)cc2)cs1. The number of hydrogen-bond donors (Lipinski definition) is 3. The fraction of sp³-hybridized carbons (Fsp3) is 0.231. The van der Waals surface area contributed by atoms with Gasteiger partial charge < -0.3 is 15.5 Å². The Morgan fingerprint density at radius 1 is 1.21 bits per heavy atom. The second-order valence-electron chi connectivity index (χ2n) is 4.03. The smallest absolute Gasteiger partial charge is 0.365 e. The zero-order valence-corrected chi connectivity index (χ0v) is 11.0. The Morgan fingerprint density at radius 2 is 1.89 bits per heavy atom. The van der Waals surface area contributed by atoms with Gasteiger partial charge in [-0.05, 0) is 11.1 Å². The summed E-state index contributed by atoms with van der Waals surface area (Å²) in [6, 6.07) is 7.65. The number of thiazole rings is 1. The molecule has 0 aliphatic rings. The predicted molar refractivity (Wildman–Crippen MR) is 72.0 cm³/mol. The molecule has 5 nitrogen and oxygen atoms in total. The van der Waals surface area contributed by atoms with Gasteiger partial charge in [-0.15, -0.1) is 11.3 Å². The first-order chi connectivity index (χ1) is 9.19. The van der Waals surface area contributed by atoms with Crippen molar-refractivity contribution in [1.29, 1.82) is 0 Å². The Morgan fingerprint density at radius 3 is 2.47 bits per heavy atom. The average molecular weight is 278 g/mol. The quantitative estimate of drug-likeness (QED) is 0.748. The largest absolute Gasteiger partial charge is 0.476 e. The zero-order valence-electron chi connectivity index (χ0n) is 10.2. The second kappa shape index (κ2) is 6.42. The van der Waals surface area contributed by atoms with Crippen LogP contribution in [0.25, 0.3) is 0 Å². The first-order valence-corrected chi connectivity index (χ1v) is 6.64. The molecule has 2 rings (SSSR count).